The van der Waals surface area contributed by atoms with E-state index < -0.39 is 5.41 Å². The molecule has 0 saturated carbocycles. The van der Waals surface area contributed by atoms with Crippen molar-refractivity contribution in [3.8, 4) is 0 Å². The number of carbonyl (C=O) groups is 2. The smallest absolute Gasteiger partial charge is 0.156 e. The van der Waals surface area contributed by atoms with Crippen LogP contribution in [0, 0.1) is 22.7 Å². The van der Waals surface area contributed by atoms with Gasteiger partial charge in [0.25, 0.3) is 0 Å². The predicted molar refractivity (Wildman–Crippen MR) is 160 cm³/mol. The molecule has 0 aliphatic carbocycles. The van der Waals surface area contributed by atoms with Crippen LogP contribution in [0.15, 0.2) is 0 Å². The number of Topliss-reactive ketones (excluding diaryl/α,β-unsaturated/α-hetero) is 2. The normalized spacial score (nSPS) is 18.0. The van der Waals surface area contributed by atoms with Gasteiger partial charge in [-0.05, 0) is 51.2 Å². The van der Waals surface area contributed by atoms with Gasteiger partial charge < -0.3 is 16.4 Å². The Bertz CT molecular complexity index is 698. The van der Waals surface area contributed by atoms with Gasteiger partial charge in [0.1, 0.15) is 0 Å². The maximum Gasteiger partial charge on any atom is 0.156 e. The van der Waals surface area contributed by atoms with E-state index in [9.17, 15) is 9.59 Å². The maximum absolute atomic E-state index is 13.3. The first-order valence-corrected chi connectivity index (χ1v) is 14.9. The number of carbonyl (C=O) groups excluding carboxylic acids is 2. The van der Waals surface area contributed by atoms with Gasteiger partial charge in [-0.2, -0.15) is 11.8 Å². The molecule has 214 valence electrons. The fourth-order valence-electron chi connectivity index (χ4n) is 4.57. The summed E-state index contributed by atoms with van der Waals surface area (Å²) in [6, 6.07) is -0.573. The third-order valence-electron chi connectivity index (χ3n) is 6.40. The Morgan fingerprint density at radius 3 is 1.61 bits per heavy atom. The second kappa shape index (κ2) is 13.6. The van der Waals surface area contributed by atoms with Gasteiger partial charge in [-0.1, -0.05) is 83.1 Å². The van der Waals surface area contributed by atoms with Crippen molar-refractivity contribution in [1.29, 1.82) is 0 Å². The molecule has 0 bridgehead atoms. The summed E-state index contributed by atoms with van der Waals surface area (Å²) in [5.74, 6) is 2.14. The van der Waals surface area contributed by atoms with Gasteiger partial charge in [-0.3, -0.25) is 9.59 Å². The largest absolute Gasteiger partial charge is 0.326 e. The zero-order valence-electron chi connectivity index (χ0n) is 26.4. The molecule has 0 saturated heterocycles. The topological polar surface area (TPSA) is 84.2 Å². The van der Waals surface area contributed by atoms with E-state index in [1.54, 1.807) is 0 Å². The Kier molecular flexibility index (Phi) is 13.4. The van der Waals surface area contributed by atoms with Crippen molar-refractivity contribution in [3.05, 3.63) is 0 Å². The third kappa shape index (κ3) is 13.4. The van der Waals surface area contributed by atoms with Gasteiger partial charge in [0.05, 0.1) is 12.1 Å². The Hall–Kier alpha value is -0.430. The molecule has 0 radical (unpaired) electrons. The molecule has 0 aromatic rings. The summed E-state index contributed by atoms with van der Waals surface area (Å²) in [4.78, 5) is 26.4. The Morgan fingerprint density at radius 1 is 0.778 bits per heavy atom. The number of nitrogens with one attached hydrogen (secondary N) is 2. The highest BCUT2D eigenvalue weighted by Gasteiger charge is 2.38. The highest BCUT2D eigenvalue weighted by Crippen LogP contribution is 2.34. The molecule has 0 spiro atoms. The third-order valence-corrected chi connectivity index (χ3v) is 8.09. The van der Waals surface area contributed by atoms with Crippen LogP contribution in [0.3, 0.4) is 0 Å². The van der Waals surface area contributed by atoms with Gasteiger partial charge in [0.2, 0.25) is 0 Å². The van der Waals surface area contributed by atoms with E-state index >= 15 is 0 Å². The molecule has 0 aliphatic rings. The summed E-state index contributed by atoms with van der Waals surface area (Å²) in [5, 5.41) is 7.04. The minimum Gasteiger partial charge on any atom is -0.326 e. The minimum absolute atomic E-state index is 0.0592. The highest BCUT2D eigenvalue weighted by atomic mass is 32.2. The molecule has 0 aromatic carbocycles. The van der Waals surface area contributed by atoms with Crippen molar-refractivity contribution in [1.82, 2.24) is 10.6 Å². The Balaban J connectivity index is 5.27. The van der Waals surface area contributed by atoms with E-state index in [4.69, 9.17) is 5.73 Å². The van der Waals surface area contributed by atoms with E-state index in [-0.39, 0.29) is 57.4 Å². The second-order valence-electron chi connectivity index (χ2n) is 15.2. The molecule has 0 aromatic heterocycles. The molecule has 5 unspecified atom stereocenters. The second-order valence-corrected chi connectivity index (χ2v) is 16.9. The lowest BCUT2D eigenvalue weighted by Gasteiger charge is -2.37. The summed E-state index contributed by atoms with van der Waals surface area (Å²) >= 11 is 1.93. The quantitative estimate of drug-likeness (QED) is 0.248. The molecule has 0 amide bonds. The summed E-state index contributed by atoms with van der Waals surface area (Å²) in [5.41, 5.74) is 5.73. The molecular formula is C30H61N3O2S. The predicted octanol–water partition coefficient (Wildman–Crippen LogP) is 6.23. The van der Waals surface area contributed by atoms with Crippen molar-refractivity contribution in [2.45, 2.75) is 151 Å². The van der Waals surface area contributed by atoms with Crippen molar-refractivity contribution in [3.63, 3.8) is 0 Å². The average molecular weight is 528 g/mol. The molecule has 0 aliphatic heterocycles. The summed E-state index contributed by atoms with van der Waals surface area (Å²) in [6.07, 6.45) is 1.73. The lowest BCUT2D eigenvalue weighted by atomic mass is 9.79. The van der Waals surface area contributed by atoms with Crippen LogP contribution in [0.4, 0.5) is 0 Å². The number of hydrogen-bond donors (Lipinski definition) is 3. The van der Waals surface area contributed by atoms with E-state index in [0.29, 0.717) is 5.92 Å². The standard InChI is InChI=1S/C30H61N3O2S/c1-19(2)32-24(26(35)28(8,9)10)22(31)17-30(14,15)36-18-20(3)16-21(4)23(33-29(11,12)13)25(34)27(5,6)7/h19-24,32-33H,16-18,31H2,1-15H3. The number of nitrogens with two attached hydrogens (primary N) is 1. The van der Waals surface area contributed by atoms with E-state index in [1.807, 2.05) is 53.3 Å². The molecule has 5 atom stereocenters. The summed E-state index contributed by atoms with van der Waals surface area (Å²) < 4.78 is -0.0592. The van der Waals surface area contributed by atoms with Crippen LogP contribution in [0.2, 0.25) is 0 Å². The number of ketones is 2. The molecule has 0 heterocycles. The Morgan fingerprint density at radius 2 is 1.22 bits per heavy atom. The van der Waals surface area contributed by atoms with Gasteiger partial charge in [0.15, 0.2) is 11.6 Å². The van der Waals surface area contributed by atoms with Crippen molar-refractivity contribution in [2.24, 2.45) is 28.4 Å². The lowest BCUT2D eigenvalue weighted by molar-refractivity contribution is -0.130. The minimum atomic E-state index is -0.436. The van der Waals surface area contributed by atoms with Crippen molar-refractivity contribution in [2.75, 3.05) is 5.75 Å². The van der Waals surface area contributed by atoms with Gasteiger partial charge in [-0.15, -0.1) is 0 Å². The molecular weight excluding hydrogens is 466 g/mol. The van der Waals surface area contributed by atoms with Crippen LogP contribution in [-0.4, -0.2) is 51.8 Å². The van der Waals surface area contributed by atoms with Crippen molar-refractivity contribution < 1.29 is 9.59 Å². The molecule has 4 N–H and O–H groups in total. The average Bonchev–Trinajstić information content (AvgIpc) is 2.65. The fraction of sp³-hybridized carbons (Fsp3) is 0.933. The molecule has 6 heteroatoms. The van der Waals surface area contributed by atoms with Crippen molar-refractivity contribution >= 4 is 23.3 Å². The first-order chi connectivity index (χ1) is 15.9. The number of rotatable bonds is 14. The van der Waals surface area contributed by atoms with Gasteiger partial charge in [0, 0.05) is 33.2 Å². The van der Waals surface area contributed by atoms with Crippen LogP contribution < -0.4 is 16.4 Å². The van der Waals surface area contributed by atoms with Crippen LogP contribution in [0.25, 0.3) is 0 Å². The van der Waals surface area contributed by atoms with Crippen LogP contribution in [0.5, 0.6) is 0 Å². The first kappa shape index (κ1) is 35.6. The number of hydrogen-bond acceptors (Lipinski definition) is 6. The zero-order valence-corrected chi connectivity index (χ0v) is 27.2. The molecule has 5 nitrogen and oxygen atoms in total. The monoisotopic (exact) mass is 527 g/mol. The van der Waals surface area contributed by atoms with Gasteiger partial charge in [-0.25, -0.2) is 0 Å². The first-order valence-electron chi connectivity index (χ1n) is 13.9. The van der Waals surface area contributed by atoms with Crippen LogP contribution >= 0.6 is 11.8 Å². The molecule has 0 rings (SSSR count). The maximum atomic E-state index is 13.3. The van der Waals surface area contributed by atoms with E-state index in [2.05, 4.69) is 72.9 Å². The summed E-state index contributed by atoms with van der Waals surface area (Å²) in [6.45, 7) is 31.4. The van der Waals surface area contributed by atoms with Crippen LogP contribution in [-0.2, 0) is 9.59 Å². The highest BCUT2D eigenvalue weighted by molar-refractivity contribution is 8.00. The Labute approximate surface area is 228 Å². The zero-order chi connectivity index (χ0) is 28.9. The van der Waals surface area contributed by atoms with E-state index in [1.165, 1.54) is 0 Å². The molecule has 0 fully saturated rings. The lowest BCUT2D eigenvalue weighted by Crippen LogP contribution is -2.57. The molecule has 36 heavy (non-hydrogen) atoms. The fourth-order valence-corrected chi connectivity index (χ4v) is 5.75. The SMILES string of the molecule is CC(CSC(C)(C)CC(N)C(NC(C)C)C(=O)C(C)(C)C)CC(C)C(NC(C)(C)C)C(=O)C(C)(C)C. The summed E-state index contributed by atoms with van der Waals surface area (Å²) in [7, 11) is 0. The number of thioether (sulfide) groups is 1. The van der Waals surface area contributed by atoms with Gasteiger partial charge >= 0.3 is 0 Å². The van der Waals surface area contributed by atoms with Crippen LogP contribution in [0.1, 0.15) is 117 Å². The van der Waals surface area contributed by atoms with E-state index in [0.717, 1.165) is 18.6 Å².